The first-order valence-corrected chi connectivity index (χ1v) is 9.85. The van der Waals surface area contributed by atoms with Crippen molar-refractivity contribution in [3.8, 4) is 0 Å². The molecule has 1 unspecified atom stereocenters. The second-order valence-electron chi connectivity index (χ2n) is 5.84. The Morgan fingerprint density at radius 2 is 2.12 bits per heavy atom. The van der Waals surface area contributed by atoms with Crippen LogP contribution in [0.5, 0.6) is 0 Å². The molecule has 0 radical (unpaired) electrons. The van der Waals surface area contributed by atoms with E-state index in [2.05, 4.69) is 16.5 Å². The molecular formula is C20H26N2O3S. The van der Waals surface area contributed by atoms with E-state index in [1.54, 1.807) is 7.11 Å². The van der Waals surface area contributed by atoms with Crippen molar-refractivity contribution in [1.29, 1.82) is 0 Å². The minimum atomic E-state index is -1.30. The molecular weight excluding hydrogens is 348 g/mol. The van der Waals surface area contributed by atoms with Gasteiger partial charge in [0.1, 0.15) is 5.76 Å². The molecule has 0 spiro atoms. The first-order chi connectivity index (χ1) is 12.6. The lowest BCUT2D eigenvalue weighted by molar-refractivity contribution is 0.148. The number of ether oxygens (including phenoxy) is 2. The second-order valence-corrected chi connectivity index (χ2v) is 7.20. The molecule has 2 rings (SSSR count). The van der Waals surface area contributed by atoms with Crippen LogP contribution in [-0.2, 0) is 20.3 Å². The van der Waals surface area contributed by atoms with Gasteiger partial charge in [-0.2, -0.15) is 0 Å². The highest BCUT2D eigenvalue weighted by molar-refractivity contribution is 7.85. The number of rotatable bonds is 10. The summed E-state index contributed by atoms with van der Waals surface area (Å²) in [4.78, 5) is 7.52. The van der Waals surface area contributed by atoms with Crippen LogP contribution in [0.15, 0.2) is 65.1 Å². The molecule has 0 aliphatic heterocycles. The van der Waals surface area contributed by atoms with Crippen molar-refractivity contribution in [1.82, 2.24) is 9.97 Å². The number of para-hydroxylation sites is 2. The third-order valence-electron chi connectivity index (χ3n) is 3.86. The molecule has 1 N–H and O–H groups in total. The van der Waals surface area contributed by atoms with E-state index in [1.165, 1.54) is 0 Å². The second kappa shape index (κ2) is 10.1. The Morgan fingerprint density at radius 1 is 1.35 bits per heavy atom. The van der Waals surface area contributed by atoms with Crippen LogP contribution in [0.25, 0.3) is 11.0 Å². The summed E-state index contributed by atoms with van der Waals surface area (Å²) in [5.74, 6) is 1.05. The number of hydrogen-bond acceptors (Lipinski definition) is 4. The normalized spacial score (nSPS) is 13.8. The molecule has 0 bridgehead atoms. The van der Waals surface area contributed by atoms with Crippen molar-refractivity contribution >= 4 is 21.8 Å². The summed E-state index contributed by atoms with van der Waals surface area (Å²) < 4.78 is 23.5. The van der Waals surface area contributed by atoms with Crippen LogP contribution in [0.4, 0.5) is 0 Å². The van der Waals surface area contributed by atoms with Crippen molar-refractivity contribution in [2.75, 3.05) is 26.1 Å². The number of aromatic nitrogens is 2. The third kappa shape index (κ3) is 5.41. The zero-order valence-corrected chi connectivity index (χ0v) is 16.4. The number of methoxy groups -OCH3 is 1. The topological polar surface area (TPSA) is 64.2 Å². The van der Waals surface area contributed by atoms with Gasteiger partial charge in [-0.05, 0) is 43.2 Å². The van der Waals surface area contributed by atoms with E-state index in [0.717, 1.165) is 34.4 Å². The van der Waals surface area contributed by atoms with Gasteiger partial charge in [-0.15, -0.1) is 0 Å². The number of hydrogen-bond donors (Lipinski definition) is 1. The standard InChI is InChI=1S/C20H26N2O3S/c1-5-9-19(25-13-8-12-24-4)16(3)15(2)14-26(23)20-21-17-10-6-7-11-18(17)22-20/h5-7,9-11H,2,8,12-14H2,1,3-4H3,(H,21,22)/b9-5-,19-16+. The Bertz CT molecular complexity index is 803. The molecule has 0 saturated carbocycles. The van der Waals surface area contributed by atoms with Gasteiger partial charge in [0.15, 0.2) is 5.16 Å². The molecule has 0 fully saturated rings. The van der Waals surface area contributed by atoms with Crippen molar-refractivity contribution in [3.63, 3.8) is 0 Å². The molecule has 0 amide bonds. The SMILES string of the molecule is C=C(CS(=O)c1nc2ccccc2[nH]1)/C(C)=C(\C=C/C)OCCCOC. The molecule has 5 nitrogen and oxygen atoms in total. The van der Waals surface area contributed by atoms with Crippen LogP contribution >= 0.6 is 0 Å². The van der Waals surface area contributed by atoms with Crippen molar-refractivity contribution < 1.29 is 13.7 Å². The van der Waals surface area contributed by atoms with Crippen LogP contribution in [0.2, 0.25) is 0 Å². The zero-order chi connectivity index (χ0) is 18.9. The van der Waals surface area contributed by atoms with Gasteiger partial charge in [-0.3, -0.25) is 4.21 Å². The quantitative estimate of drug-likeness (QED) is 0.386. The molecule has 2 aromatic rings. The Labute approximate surface area is 157 Å². The summed E-state index contributed by atoms with van der Waals surface area (Å²) in [6, 6.07) is 7.64. The highest BCUT2D eigenvalue weighted by Gasteiger charge is 2.14. The molecule has 6 heteroatoms. The van der Waals surface area contributed by atoms with Gasteiger partial charge in [0.2, 0.25) is 0 Å². The maximum Gasteiger partial charge on any atom is 0.197 e. The first-order valence-electron chi connectivity index (χ1n) is 8.53. The highest BCUT2D eigenvalue weighted by atomic mass is 32.2. The number of H-pyrrole nitrogens is 1. The van der Waals surface area contributed by atoms with Gasteiger partial charge in [0, 0.05) is 20.1 Å². The molecule has 1 heterocycles. The molecule has 1 aromatic heterocycles. The molecule has 26 heavy (non-hydrogen) atoms. The van der Waals surface area contributed by atoms with Crippen LogP contribution in [0, 0.1) is 0 Å². The fraction of sp³-hybridized carbons (Fsp3) is 0.350. The average molecular weight is 375 g/mol. The van der Waals surface area contributed by atoms with E-state index in [4.69, 9.17) is 9.47 Å². The molecule has 140 valence electrons. The maximum atomic E-state index is 12.7. The largest absolute Gasteiger partial charge is 0.493 e. The smallest absolute Gasteiger partial charge is 0.197 e. The lowest BCUT2D eigenvalue weighted by Gasteiger charge is -2.13. The predicted molar refractivity (Wildman–Crippen MR) is 106 cm³/mol. The lowest BCUT2D eigenvalue weighted by Crippen LogP contribution is -2.06. The fourth-order valence-electron chi connectivity index (χ4n) is 2.36. The summed E-state index contributed by atoms with van der Waals surface area (Å²) in [6.45, 7) is 9.17. The summed E-state index contributed by atoms with van der Waals surface area (Å²) in [7, 11) is 0.374. The lowest BCUT2D eigenvalue weighted by atomic mass is 10.1. The predicted octanol–water partition coefficient (Wildman–Crippen LogP) is 4.13. The number of allylic oxidation sites excluding steroid dienone is 3. The van der Waals surface area contributed by atoms with E-state index in [1.807, 2.05) is 50.3 Å². The highest BCUT2D eigenvalue weighted by Crippen LogP contribution is 2.19. The van der Waals surface area contributed by atoms with Gasteiger partial charge in [-0.1, -0.05) is 24.8 Å². The van der Waals surface area contributed by atoms with Crippen molar-refractivity contribution in [2.45, 2.75) is 25.4 Å². The number of nitrogens with one attached hydrogen (secondary N) is 1. The summed E-state index contributed by atoms with van der Waals surface area (Å²) in [6.07, 6.45) is 4.62. The molecule has 0 aliphatic carbocycles. The minimum Gasteiger partial charge on any atom is -0.493 e. The Hall–Kier alpha value is -2.18. The Balaban J connectivity index is 2.08. The Morgan fingerprint density at radius 3 is 2.81 bits per heavy atom. The number of nitrogens with zero attached hydrogens (tertiary/aromatic N) is 1. The van der Waals surface area contributed by atoms with Gasteiger partial charge in [-0.25, -0.2) is 4.98 Å². The fourth-order valence-corrected chi connectivity index (χ4v) is 3.46. The molecule has 1 aromatic carbocycles. The van der Waals surface area contributed by atoms with E-state index in [9.17, 15) is 4.21 Å². The van der Waals surface area contributed by atoms with Crippen LogP contribution in [0.1, 0.15) is 20.3 Å². The summed E-state index contributed by atoms with van der Waals surface area (Å²) in [5.41, 5.74) is 3.35. The van der Waals surface area contributed by atoms with Crippen LogP contribution < -0.4 is 0 Å². The number of imidazole rings is 1. The minimum absolute atomic E-state index is 0.300. The monoisotopic (exact) mass is 374 g/mol. The van der Waals surface area contributed by atoms with E-state index < -0.39 is 10.8 Å². The summed E-state index contributed by atoms with van der Waals surface area (Å²) >= 11 is 0. The van der Waals surface area contributed by atoms with E-state index >= 15 is 0 Å². The van der Waals surface area contributed by atoms with Gasteiger partial charge in [0.25, 0.3) is 0 Å². The maximum absolute atomic E-state index is 12.7. The zero-order valence-electron chi connectivity index (χ0n) is 15.6. The van der Waals surface area contributed by atoms with E-state index in [0.29, 0.717) is 24.1 Å². The molecule has 1 atom stereocenters. The van der Waals surface area contributed by atoms with Crippen molar-refractivity contribution in [3.05, 3.63) is 59.9 Å². The third-order valence-corrected chi connectivity index (χ3v) is 5.09. The van der Waals surface area contributed by atoms with Crippen LogP contribution in [0.3, 0.4) is 0 Å². The number of benzene rings is 1. The van der Waals surface area contributed by atoms with E-state index in [-0.39, 0.29) is 0 Å². The van der Waals surface area contributed by atoms with Gasteiger partial charge >= 0.3 is 0 Å². The van der Waals surface area contributed by atoms with Gasteiger partial charge < -0.3 is 14.5 Å². The first kappa shape index (κ1) is 20.1. The van der Waals surface area contributed by atoms with Crippen molar-refractivity contribution in [2.24, 2.45) is 0 Å². The molecule has 0 aliphatic rings. The summed E-state index contributed by atoms with van der Waals surface area (Å²) in [5, 5.41) is 0.466. The number of fused-ring (bicyclic) bond motifs is 1. The number of aromatic amines is 1. The average Bonchev–Trinajstić information content (AvgIpc) is 3.08. The Kier molecular flexibility index (Phi) is 7.81. The molecule has 0 saturated heterocycles. The van der Waals surface area contributed by atoms with Gasteiger partial charge in [0.05, 0.1) is 34.2 Å². The van der Waals surface area contributed by atoms with Crippen LogP contribution in [-0.4, -0.2) is 40.3 Å².